The number of rotatable bonds is 3. The lowest BCUT2D eigenvalue weighted by atomic mass is 9.81. The van der Waals surface area contributed by atoms with Crippen molar-refractivity contribution >= 4 is 19.9 Å². The molecular formula is C8H17ClN2O2S. The Balaban J connectivity index is 2.43. The first-order chi connectivity index (χ1) is 6.31. The summed E-state index contributed by atoms with van der Waals surface area (Å²) in [5.41, 5.74) is 0.0501. The maximum atomic E-state index is 10.7. The predicted octanol–water partition coefficient (Wildman–Crippen LogP) is 0.792. The van der Waals surface area contributed by atoms with Gasteiger partial charge in [-0.1, -0.05) is 6.92 Å². The molecular weight excluding hydrogens is 224 g/mol. The van der Waals surface area contributed by atoms with Gasteiger partial charge in [0.05, 0.1) is 0 Å². The Morgan fingerprint density at radius 3 is 2.36 bits per heavy atom. The van der Waals surface area contributed by atoms with E-state index in [1.54, 1.807) is 0 Å². The van der Waals surface area contributed by atoms with E-state index in [0.717, 1.165) is 25.9 Å². The minimum absolute atomic E-state index is 0.0501. The summed E-state index contributed by atoms with van der Waals surface area (Å²) in [6.45, 7) is 4.56. The van der Waals surface area contributed by atoms with Crippen molar-refractivity contribution in [2.24, 2.45) is 5.41 Å². The van der Waals surface area contributed by atoms with E-state index in [9.17, 15) is 8.42 Å². The Bertz CT molecular complexity index is 284. The van der Waals surface area contributed by atoms with Crippen LogP contribution in [0.5, 0.6) is 0 Å². The Hall–Kier alpha value is 0.160. The summed E-state index contributed by atoms with van der Waals surface area (Å²) in [5.74, 6) is 0. The maximum Gasteiger partial charge on any atom is 0.297 e. The van der Waals surface area contributed by atoms with Crippen LogP contribution in [0.2, 0.25) is 0 Å². The molecule has 1 fully saturated rings. The quantitative estimate of drug-likeness (QED) is 0.743. The van der Waals surface area contributed by atoms with Crippen molar-refractivity contribution in [3.8, 4) is 0 Å². The SMILES string of the molecule is CN1CCC(C)(CNS(=O)(=O)Cl)CC1. The molecule has 0 amide bonds. The fourth-order valence-electron chi connectivity index (χ4n) is 1.60. The molecule has 4 nitrogen and oxygen atoms in total. The summed E-state index contributed by atoms with van der Waals surface area (Å²) in [7, 11) is 3.60. The zero-order valence-corrected chi connectivity index (χ0v) is 10.2. The molecule has 1 heterocycles. The van der Waals surface area contributed by atoms with E-state index in [-0.39, 0.29) is 5.41 Å². The average Bonchev–Trinajstić information content (AvgIpc) is 2.07. The predicted molar refractivity (Wildman–Crippen MR) is 57.6 cm³/mol. The van der Waals surface area contributed by atoms with Crippen LogP contribution in [-0.4, -0.2) is 40.0 Å². The van der Waals surface area contributed by atoms with Crippen LogP contribution in [0.1, 0.15) is 19.8 Å². The Morgan fingerprint density at radius 1 is 1.43 bits per heavy atom. The van der Waals surface area contributed by atoms with E-state index < -0.39 is 9.24 Å². The molecule has 0 unspecified atom stereocenters. The van der Waals surface area contributed by atoms with Crippen LogP contribution >= 0.6 is 10.7 Å². The third-order valence-corrected chi connectivity index (χ3v) is 3.68. The van der Waals surface area contributed by atoms with Gasteiger partial charge in [0.1, 0.15) is 0 Å². The van der Waals surface area contributed by atoms with Crippen LogP contribution in [0.15, 0.2) is 0 Å². The van der Waals surface area contributed by atoms with Gasteiger partial charge in [0.15, 0.2) is 0 Å². The highest BCUT2D eigenvalue weighted by atomic mass is 35.7. The number of halogens is 1. The van der Waals surface area contributed by atoms with E-state index in [1.807, 2.05) is 0 Å². The normalized spacial score (nSPS) is 23.6. The lowest BCUT2D eigenvalue weighted by molar-refractivity contribution is 0.143. The molecule has 0 aromatic heterocycles. The highest BCUT2D eigenvalue weighted by Gasteiger charge is 2.29. The summed E-state index contributed by atoms with van der Waals surface area (Å²) in [4.78, 5) is 2.25. The van der Waals surface area contributed by atoms with Crippen molar-refractivity contribution in [3.05, 3.63) is 0 Å². The monoisotopic (exact) mass is 240 g/mol. The Labute approximate surface area is 90.2 Å². The fraction of sp³-hybridized carbons (Fsp3) is 1.00. The smallest absolute Gasteiger partial charge is 0.297 e. The van der Waals surface area contributed by atoms with Gasteiger partial charge in [-0.2, -0.15) is 8.42 Å². The Kier molecular flexibility index (Phi) is 3.80. The standard InChI is InChI=1S/C8H17ClN2O2S/c1-8(7-10-14(9,12)13)3-5-11(2)6-4-8/h10H,3-7H2,1-2H3. The van der Waals surface area contributed by atoms with Gasteiger partial charge in [-0.05, 0) is 38.4 Å². The van der Waals surface area contributed by atoms with Gasteiger partial charge >= 0.3 is 0 Å². The third-order valence-electron chi connectivity index (χ3n) is 2.87. The molecule has 0 radical (unpaired) electrons. The molecule has 0 aromatic rings. The second-order valence-corrected chi connectivity index (χ2v) is 6.76. The van der Waals surface area contributed by atoms with Crippen molar-refractivity contribution in [3.63, 3.8) is 0 Å². The molecule has 0 aromatic carbocycles. The van der Waals surface area contributed by atoms with E-state index in [4.69, 9.17) is 10.7 Å². The van der Waals surface area contributed by atoms with Gasteiger partial charge in [-0.25, -0.2) is 4.72 Å². The molecule has 1 aliphatic rings. The highest BCUT2D eigenvalue weighted by Crippen LogP contribution is 2.29. The largest absolute Gasteiger partial charge is 0.306 e. The van der Waals surface area contributed by atoms with Crippen molar-refractivity contribution in [1.82, 2.24) is 9.62 Å². The summed E-state index contributed by atoms with van der Waals surface area (Å²) < 4.78 is 23.8. The van der Waals surface area contributed by atoms with Crippen LogP contribution in [0.3, 0.4) is 0 Å². The first kappa shape index (κ1) is 12.2. The third kappa shape index (κ3) is 4.13. The van der Waals surface area contributed by atoms with Gasteiger partial charge in [0.25, 0.3) is 9.24 Å². The molecule has 84 valence electrons. The van der Waals surface area contributed by atoms with Crippen molar-refractivity contribution < 1.29 is 8.42 Å². The summed E-state index contributed by atoms with van der Waals surface area (Å²) in [6.07, 6.45) is 2.01. The number of piperidine rings is 1. The Morgan fingerprint density at radius 2 is 1.93 bits per heavy atom. The minimum atomic E-state index is -3.57. The molecule has 1 rings (SSSR count). The molecule has 1 aliphatic heterocycles. The van der Waals surface area contributed by atoms with Crippen molar-refractivity contribution in [2.75, 3.05) is 26.7 Å². The first-order valence-corrected chi connectivity index (χ1v) is 6.99. The zero-order valence-electron chi connectivity index (χ0n) is 8.59. The molecule has 14 heavy (non-hydrogen) atoms. The number of likely N-dealkylation sites (tertiary alicyclic amines) is 1. The van der Waals surface area contributed by atoms with Gasteiger partial charge in [-0.3, -0.25) is 0 Å². The highest BCUT2D eigenvalue weighted by molar-refractivity contribution is 8.12. The lowest BCUT2D eigenvalue weighted by Crippen LogP contribution is -2.42. The number of nitrogens with one attached hydrogen (secondary N) is 1. The fourth-order valence-corrected chi connectivity index (χ4v) is 2.28. The second kappa shape index (κ2) is 4.35. The van der Waals surface area contributed by atoms with E-state index in [1.165, 1.54) is 0 Å². The summed E-state index contributed by atoms with van der Waals surface area (Å²) in [6, 6.07) is 0. The zero-order chi connectivity index (χ0) is 10.8. The molecule has 0 aliphatic carbocycles. The molecule has 1 saturated heterocycles. The molecule has 0 spiro atoms. The van der Waals surface area contributed by atoms with Gasteiger partial charge in [0.2, 0.25) is 0 Å². The first-order valence-electron chi connectivity index (χ1n) is 4.69. The maximum absolute atomic E-state index is 10.7. The van der Waals surface area contributed by atoms with E-state index in [2.05, 4.69) is 23.6 Å². The van der Waals surface area contributed by atoms with Crippen molar-refractivity contribution in [2.45, 2.75) is 19.8 Å². The van der Waals surface area contributed by atoms with E-state index >= 15 is 0 Å². The minimum Gasteiger partial charge on any atom is -0.306 e. The van der Waals surface area contributed by atoms with E-state index in [0.29, 0.717) is 6.54 Å². The molecule has 1 N–H and O–H groups in total. The lowest BCUT2D eigenvalue weighted by Gasteiger charge is -2.37. The van der Waals surface area contributed by atoms with Crippen LogP contribution in [0.4, 0.5) is 0 Å². The van der Waals surface area contributed by atoms with Crippen LogP contribution in [0, 0.1) is 5.41 Å². The molecule has 0 atom stereocenters. The number of nitrogens with zero attached hydrogens (tertiary/aromatic N) is 1. The van der Waals surface area contributed by atoms with Crippen molar-refractivity contribution in [1.29, 1.82) is 0 Å². The summed E-state index contributed by atoms with van der Waals surface area (Å²) in [5, 5.41) is 0. The molecule has 6 heteroatoms. The van der Waals surface area contributed by atoms with Gasteiger partial charge in [-0.15, -0.1) is 0 Å². The van der Waals surface area contributed by atoms with Crippen LogP contribution in [0.25, 0.3) is 0 Å². The second-order valence-electron chi connectivity index (χ2n) is 4.37. The summed E-state index contributed by atoms with van der Waals surface area (Å²) >= 11 is 0. The molecule has 0 bridgehead atoms. The van der Waals surface area contributed by atoms with Gasteiger partial charge in [0, 0.05) is 17.2 Å². The number of hydrogen-bond acceptors (Lipinski definition) is 3. The average molecular weight is 241 g/mol. The molecule has 0 saturated carbocycles. The van der Waals surface area contributed by atoms with Crippen LogP contribution < -0.4 is 4.72 Å². The topological polar surface area (TPSA) is 49.4 Å². The van der Waals surface area contributed by atoms with Crippen LogP contribution in [-0.2, 0) is 9.24 Å². The number of hydrogen-bond donors (Lipinski definition) is 1. The van der Waals surface area contributed by atoms with Gasteiger partial charge < -0.3 is 4.90 Å².